The number of anilines is 1. The van der Waals surface area contributed by atoms with Crippen molar-refractivity contribution in [1.82, 2.24) is 5.32 Å². The molecule has 6 heteroatoms. The van der Waals surface area contributed by atoms with E-state index in [9.17, 15) is 4.79 Å². The highest BCUT2D eigenvalue weighted by Gasteiger charge is 2.13. The smallest absolute Gasteiger partial charge is 0.231 e. The number of rotatable bonds is 7. The van der Waals surface area contributed by atoms with Gasteiger partial charge in [-0.2, -0.15) is 0 Å². The predicted molar refractivity (Wildman–Crippen MR) is 90.5 cm³/mol. The third-order valence-electron chi connectivity index (χ3n) is 3.68. The molecule has 24 heavy (non-hydrogen) atoms. The van der Waals surface area contributed by atoms with E-state index in [1.54, 1.807) is 7.11 Å². The molecular formula is C18H20N2O4. The van der Waals surface area contributed by atoms with Crippen molar-refractivity contribution in [2.45, 2.75) is 13.0 Å². The van der Waals surface area contributed by atoms with Crippen molar-refractivity contribution >= 4 is 11.6 Å². The normalized spacial score (nSPS) is 11.9. The standard InChI is InChI=1S/C18H20N2O4/c1-22-15-4-2-3-14(10-15)19-8-7-18(21)20-11-13-5-6-16-17(9-13)24-12-23-16/h2-6,9-10,19H,7-8,11-12H2,1H3,(H,20,21). The number of nitrogens with one attached hydrogen (secondary N) is 2. The first-order valence-electron chi connectivity index (χ1n) is 7.78. The van der Waals surface area contributed by atoms with Crippen molar-refractivity contribution in [3.63, 3.8) is 0 Å². The van der Waals surface area contributed by atoms with Gasteiger partial charge in [0.1, 0.15) is 5.75 Å². The first kappa shape index (κ1) is 16.0. The van der Waals surface area contributed by atoms with Gasteiger partial charge in [-0.25, -0.2) is 0 Å². The van der Waals surface area contributed by atoms with Crippen LogP contribution in [0.5, 0.6) is 17.2 Å². The molecule has 1 amide bonds. The Bertz CT molecular complexity index is 718. The average Bonchev–Trinajstić information content (AvgIpc) is 3.08. The highest BCUT2D eigenvalue weighted by molar-refractivity contribution is 5.76. The van der Waals surface area contributed by atoms with Crippen LogP contribution in [0.3, 0.4) is 0 Å². The largest absolute Gasteiger partial charge is 0.497 e. The molecule has 6 nitrogen and oxygen atoms in total. The SMILES string of the molecule is COc1cccc(NCCC(=O)NCc2ccc3c(c2)OCO3)c1. The Morgan fingerprint density at radius 2 is 2.04 bits per heavy atom. The number of ether oxygens (including phenoxy) is 3. The van der Waals surface area contributed by atoms with Gasteiger partial charge in [0.05, 0.1) is 7.11 Å². The minimum Gasteiger partial charge on any atom is -0.497 e. The van der Waals surface area contributed by atoms with Crippen molar-refractivity contribution in [2.24, 2.45) is 0 Å². The van der Waals surface area contributed by atoms with Gasteiger partial charge in [0, 0.05) is 31.3 Å². The topological polar surface area (TPSA) is 68.8 Å². The molecule has 0 saturated heterocycles. The Morgan fingerprint density at radius 3 is 2.92 bits per heavy atom. The summed E-state index contributed by atoms with van der Waals surface area (Å²) in [5, 5.41) is 6.10. The molecule has 0 radical (unpaired) electrons. The maximum atomic E-state index is 11.9. The summed E-state index contributed by atoms with van der Waals surface area (Å²) in [6.07, 6.45) is 0.391. The van der Waals surface area contributed by atoms with E-state index in [-0.39, 0.29) is 12.7 Å². The van der Waals surface area contributed by atoms with Crippen LogP contribution in [0.25, 0.3) is 0 Å². The molecule has 1 aliphatic rings. The summed E-state index contributed by atoms with van der Waals surface area (Å²) < 4.78 is 15.8. The zero-order valence-electron chi connectivity index (χ0n) is 13.5. The van der Waals surface area contributed by atoms with Crippen molar-refractivity contribution in [3.05, 3.63) is 48.0 Å². The fraction of sp³-hybridized carbons (Fsp3) is 0.278. The summed E-state index contributed by atoms with van der Waals surface area (Å²) in [5.41, 5.74) is 1.91. The van der Waals surface area contributed by atoms with Gasteiger partial charge in [0.2, 0.25) is 12.7 Å². The van der Waals surface area contributed by atoms with Crippen LogP contribution in [0, 0.1) is 0 Å². The summed E-state index contributed by atoms with van der Waals surface area (Å²) in [4.78, 5) is 11.9. The Hall–Kier alpha value is -2.89. The zero-order valence-corrected chi connectivity index (χ0v) is 13.5. The van der Waals surface area contributed by atoms with E-state index in [2.05, 4.69) is 10.6 Å². The lowest BCUT2D eigenvalue weighted by Gasteiger charge is -2.09. The second kappa shape index (κ2) is 7.59. The maximum Gasteiger partial charge on any atom is 0.231 e. The molecule has 3 rings (SSSR count). The number of methoxy groups -OCH3 is 1. The van der Waals surface area contributed by atoms with Gasteiger partial charge in [0.25, 0.3) is 0 Å². The number of amides is 1. The lowest BCUT2D eigenvalue weighted by molar-refractivity contribution is -0.121. The lowest BCUT2D eigenvalue weighted by Crippen LogP contribution is -2.24. The van der Waals surface area contributed by atoms with Gasteiger partial charge in [-0.15, -0.1) is 0 Å². The summed E-state index contributed by atoms with van der Waals surface area (Å²) in [7, 11) is 1.63. The third-order valence-corrected chi connectivity index (χ3v) is 3.68. The van der Waals surface area contributed by atoms with Crippen LogP contribution < -0.4 is 24.8 Å². The molecular weight excluding hydrogens is 308 g/mol. The Morgan fingerprint density at radius 1 is 1.17 bits per heavy atom. The van der Waals surface area contributed by atoms with Gasteiger partial charge in [-0.3, -0.25) is 4.79 Å². The number of carbonyl (C=O) groups is 1. The van der Waals surface area contributed by atoms with E-state index >= 15 is 0 Å². The van der Waals surface area contributed by atoms with E-state index in [1.165, 1.54) is 0 Å². The van der Waals surface area contributed by atoms with Crippen LogP contribution >= 0.6 is 0 Å². The number of hydrogen-bond donors (Lipinski definition) is 2. The first-order valence-corrected chi connectivity index (χ1v) is 7.78. The molecule has 0 fully saturated rings. The quantitative estimate of drug-likeness (QED) is 0.817. The number of benzene rings is 2. The van der Waals surface area contributed by atoms with Crippen LogP contribution in [0.4, 0.5) is 5.69 Å². The highest BCUT2D eigenvalue weighted by atomic mass is 16.7. The molecule has 0 aromatic heterocycles. The van der Waals surface area contributed by atoms with E-state index in [4.69, 9.17) is 14.2 Å². The average molecular weight is 328 g/mol. The Balaban J connectivity index is 1.41. The molecule has 1 heterocycles. The number of fused-ring (bicyclic) bond motifs is 1. The summed E-state index contributed by atoms with van der Waals surface area (Å²) in [6, 6.07) is 13.3. The molecule has 0 aliphatic carbocycles. The number of carbonyl (C=O) groups excluding carboxylic acids is 1. The van der Waals surface area contributed by atoms with Gasteiger partial charge in [0.15, 0.2) is 11.5 Å². The van der Waals surface area contributed by atoms with Gasteiger partial charge in [-0.1, -0.05) is 12.1 Å². The second-order valence-corrected chi connectivity index (χ2v) is 5.37. The van der Waals surface area contributed by atoms with E-state index in [1.807, 2.05) is 42.5 Å². The first-order chi connectivity index (χ1) is 11.7. The monoisotopic (exact) mass is 328 g/mol. The van der Waals surface area contributed by atoms with Crippen molar-refractivity contribution in [2.75, 3.05) is 25.8 Å². The second-order valence-electron chi connectivity index (χ2n) is 5.37. The molecule has 0 spiro atoms. The maximum absolute atomic E-state index is 11.9. The van der Waals surface area contributed by atoms with Crippen LogP contribution in [-0.2, 0) is 11.3 Å². The minimum absolute atomic E-state index is 0.0111. The molecule has 126 valence electrons. The fourth-order valence-electron chi connectivity index (χ4n) is 2.39. The van der Waals surface area contributed by atoms with Crippen molar-refractivity contribution < 1.29 is 19.0 Å². The molecule has 0 atom stereocenters. The van der Waals surface area contributed by atoms with Crippen LogP contribution in [-0.4, -0.2) is 26.4 Å². The van der Waals surface area contributed by atoms with Gasteiger partial charge in [-0.05, 0) is 29.8 Å². The highest BCUT2D eigenvalue weighted by Crippen LogP contribution is 2.32. The third kappa shape index (κ3) is 4.10. The molecule has 1 aliphatic heterocycles. The Labute approximate surface area is 140 Å². The van der Waals surface area contributed by atoms with E-state index in [0.29, 0.717) is 19.5 Å². The minimum atomic E-state index is -0.0111. The van der Waals surface area contributed by atoms with Crippen molar-refractivity contribution in [3.8, 4) is 17.2 Å². The zero-order chi connectivity index (χ0) is 16.8. The molecule has 2 aromatic carbocycles. The predicted octanol–water partition coefficient (Wildman–Crippen LogP) is 2.54. The van der Waals surface area contributed by atoms with Crippen LogP contribution in [0.1, 0.15) is 12.0 Å². The number of hydrogen-bond acceptors (Lipinski definition) is 5. The summed E-state index contributed by atoms with van der Waals surface area (Å²) in [6.45, 7) is 1.27. The van der Waals surface area contributed by atoms with Crippen molar-refractivity contribution in [1.29, 1.82) is 0 Å². The fourth-order valence-corrected chi connectivity index (χ4v) is 2.39. The van der Waals surface area contributed by atoms with Crippen LogP contribution in [0.2, 0.25) is 0 Å². The molecule has 0 saturated carbocycles. The molecule has 0 unspecified atom stereocenters. The summed E-state index contributed by atoms with van der Waals surface area (Å²) >= 11 is 0. The van der Waals surface area contributed by atoms with Crippen LogP contribution in [0.15, 0.2) is 42.5 Å². The van der Waals surface area contributed by atoms with Gasteiger partial charge < -0.3 is 24.8 Å². The molecule has 2 N–H and O–H groups in total. The Kier molecular flexibility index (Phi) is 5.05. The molecule has 2 aromatic rings. The summed E-state index contributed by atoms with van der Waals surface area (Å²) in [5.74, 6) is 2.24. The molecule has 0 bridgehead atoms. The van der Waals surface area contributed by atoms with Gasteiger partial charge >= 0.3 is 0 Å². The van der Waals surface area contributed by atoms with E-state index in [0.717, 1.165) is 28.5 Å². The van der Waals surface area contributed by atoms with E-state index < -0.39 is 0 Å². The lowest BCUT2D eigenvalue weighted by atomic mass is 10.2.